The Morgan fingerprint density at radius 3 is 2.24 bits per heavy atom. The fourth-order valence-corrected chi connectivity index (χ4v) is 5.41. The van der Waals surface area contributed by atoms with Crippen LogP contribution in [0.5, 0.6) is 23.0 Å². The lowest BCUT2D eigenvalue weighted by Crippen LogP contribution is -2.39. The number of benzene rings is 2. The van der Waals surface area contributed by atoms with E-state index in [2.05, 4.69) is 18.7 Å². The molecule has 10 heteroatoms. The van der Waals surface area contributed by atoms with Gasteiger partial charge in [-0.3, -0.25) is 14.5 Å². The molecule has 2 aliphatic rings. The molecule has 1 atom stereocenters. The average molecular weight is 583 g/mol. The van der Waals surface area contributed by atoms with Gasteiger partial charge >= 0.3 is 0 Å². The topological polar surface area (TPSA) is 107 Å². The van der Waals surface area contributed by atoms with Gasteiger partial charge in [0.2, 0.25) is 5.75 Å². The van der Waals surface area contributed by atoms with E-state index < -0.39 is 17.7 Å². The first-order valence-electron chi connectivity index (χ1n) is 14.3. The van der Waals surface area contributed by atoms with Gasteiger partial charge in [-0.2, -0.15) is 0 Å². The van der Waals surface area contributed by atoms with Crippen LogP contribution in [-0.2, 0) is 14.3 Å². The molecule has 2 saturated heterocycles. The van der Waals surface area contributed by atoms with Crippen molar-refractivity contribution in [2.24, 2.45) is 5.92 Å². The summed E-state index contributed by atoms with van der Waals surface area (Å²) in [5.74, 6) is 0.543. The highest BCUT2D eigenvalue weighted by molar-refractivity contribution is 6.46. The lowest BCUT2D eigenvalue weighted by molar-refractivity contribution is -0.140. The molecule has 0 radical (unpaired) electrons. The zero-order valence-corrected chi connectivity index (χ0v) is 25.4. The van der Waals surface area contributed by atoms with Gasteiger partial charge in [0.15, 0.2) is 11.5 Å². The number of nitrogens with zero attached hydrogens (tertiary/aromatic N) is 2. The van der Waals surface area contributed by atoms with Gasteiger partial charge in [-0.15, -0.1) is 0 Å². The van der Waals surface area contributed by atoms with Crippen LogP contribution in [0.15, 0.2) is 35.9 Å². The predicted octanol–water partition coefficient (Wildman–Crippen LogP) is 4.20. The Morgan fingerprint density at radius 1 is 1.00 bits per heavy atom. The highest BCUT2D eigenvalue weighted by Gasteiger charge is 2.46. The van der Waals surface area contributed by atoms with Gasteiger partial charge in [0.1, 0.15) is 11.5 Å². The zero-order valence-electron chi connectivity index (χ0n) is 25.4. The number of ketones is 1. The molecule has 4 rings (SSSR count). The summed E-state index contributed by atoms with van der Waals surface area (Å²) >= 11 is 0. The average Bonchev–Trinajstić information content (AvgIpc) is 3.24. The number of aryl methyl sites for hydroxylation is 1. The van der Waals surface area contributed by atoms with Crippen molar-refractivity contribution in [2.45, 2.75) is 33.2 Å². The fourth-order valence-electron chi connectivity index (χ4n) is 5.41. The summed E-state index contributed by atoms with van der Waals surface area (Å²) in [4.78, 5) is 31.0. The molecule has 0 spiro atoms. The van der Waals surface area contributed by atoms with Crippen LogP contribution < -0.4 is 18.9 Å². The maximum atomic E-state index is 13.6. The summed E-state index contributed by atoms with van der Waals surface area (Å²) in [5, 5.41) is 11.7. The number of likely N-dealkylation sites (tertiary alicyclic amines) is 1. The number of hydrogen-bond acceptors (Lipinski definition) is 9. The minimum absolute atomic E-state index is 0.0135. The van der Waals surface area contributed by atoms with Crippen LogP contribution >= 0.6 is 0 Å². The molecule has 10 nitrogen and oxygen atoms in total. The van der Waals surface area contributed by atoms with E-state index in [1.165, 1.54) is 26.2 Å². The van der Waals surface area contributed by atoms with Gasteiger partial charge in [0.25, 0.3) is 11.7 Å². The minimum atomic E-state index is -0.861. The van der Waals surface area contributed by atoms with Gasteiger partial charge < -0.3 is 33.7 Å². The number of amides is 1. The van der Waals surface area contributed by atoms with Gasteiger partial charge in [0, 0.05) is 31.7 Å². The van der Waals surface area contributed by atoms with Crippen LogP contribution in [0, 0.1) is 12.8 Å². The van der Waals surface area contributed by atoms with Crippen molar-refractivity contribution < 1.29 is 38.4 Å². The maximum Gasteiger partial charge on any atom is 0.295 e. The first-order valence-corrected chi connectivity index (χ1v) is 14.3. The summed E-state index contributed by atoms with van der Waals surface area (Å²) in [7, 11) is 4.52. The van der Waals surface area contributed by atoms with E-state index in [4.69, 9.17) is 23.7 Å². The first-order chi connectivity index (χ1) is 20.2. The number of carbonyl (C=O) groups excluding carboxylic acids is 2. The Bertz CT molecular complexity index is 1290. The van der Waals surface area contributed by atoms with Crippen LogP contribution in [-0.4, -0.2) is 93.9 Å². The van der Waals surface area contributed by atoms with E-state index in [0.29, 0.717) is 72.8 Å². The van der Waals surface area contributed by atoms with E-state index in [1.54, 1.807) is 24.3 Å². The van der Waals surface area contributed by atoms with Crippen molar-refractivity contribution in [2.75, 3.05) is 67.3 Å². The number of rotatable bonds is 12. The van der Waals surface area contributed by atoms with E-state index in [1.807, 2.05) is 13.0 Å². The van der Waals surface area contributed by atoms with Crippen LogP contribution in [0.3, 0.4) is 0 Å². The number of hydrogen-bond donors (Lipinski definition) is 1. The smallest absolute Gasteiger partial charge is 0.295 e. The molecule has 0 bridgehead atoms. The Labute approximate surface area is 247 Å². The largest absolute Gasteiger partial charge is 0.507 e. The Hall–Kier alpha value is -3.76. The zero-order chi connectivity index (χ0) is 30.4. The SMILES string of the molecule is COc1cc(C2/C(=C(\O)c3ccc(OCC(C)C)cc3C)C(=O)C(=O)N2CCCN2CCOCC2)cc(OC)c1OC. The third kappa shape index (κ3) is 6.65. The van der Waals surface area contributed by atoms with E-state index in [0.717, 1.165) is 25.2 Å². The van der Waals surface area contributed by atoms with E-state index >= 15 is 0 Å². The Balaban J connectivity index is 1.77. The van der Waals surface area contributed by atoms with Crippen molar-refractivity contribution >= 4 is 17.4 Å². The number of aliphatic hydroxyl groups excluding tert-OH is 1. The second-order valence-corrected chi connectivity index (χ2v) is 10.9. The van der Waals surface area contributed by atoms with Gasteiger partial charge in [-0.25, -0.2) is 0 Å². The molecule has 0 aromatic heterocycles. The summed E-state index contributed by atoms with van der Waals surface area (Å²) < 4.78 is 27.9. The Kier molecular flexibility index (Phi) is 10.3. The number of Topliss-reactive ketones (excluding diaryl/α,β-unsaturated/α-hetero) is 1. The molecule has 2 fully saturated rings. The Morgan fingerprint density at radius 2 is 1.67 bits per heavy atom. The molecular formula is C32H42N2O8. The monoisotopic (exact) mass is 582 g/mol. The molecule has 1 unspecified atom stereocenters. The van der Waals surface area contributed by atoms with E-state index in [-0.39, 0.29) is 11.3 Å². The number of aliphatic hydroxyl groups is 1. The van der Waals surface area contributed by atoms with Gasteiger partial charge in [0.05, 0.1) is 52.8 Å². The summed E-state index contributed by atoms with van der Waals surface area (Å²) in [6.07, 6.45) is 0.648. The van der Waals surface area contributed by atoms with Crippen molar-refractivity contribution in [3.8, 4) is 23.0 Å². The van der Waals surface area contributed by atoms with Gasteiger partial charge in [-0.05, 0) is 60.7 Å². The molecule has 228 valence electrons. The molecule has 42 heavy (non-hydrogen) atoms. The van der Waals surface area contributed by atoms with Crippen molar-refractivity contribution in [3.63, 3.8) is 0 Å². The van der Waals surface area contributed by atoms with Crippen LogP contribution in [0.25, 0.3) is 5.76 Å². The quantitative estimate of drug-likeness (QED) is 0.224. The second-order valence-electron chi connectivity index (χ2n) is 10.9. The summed E-state index contributed by atoms with van der Waals surface area (Å²) in [5.41, 5.74) is 1.75. The molecule has 2 aromatic rings. The summed E-state index contributed by atoms with van der Waals surface area (Å²) in [6.45, 7) is 10.6. The van der Waals surface area contributed by atoms with Gasteiger partial charge in [-0.1, -0.05) is 13.8 Å². The van der Waals surface area contributed by atoms with Crippen molar-refractivity contribution in [1.82, 2.24) is 9.80 Å². The molecule has 2 heterocycles. The fraction of sp³-hybridized carbons (Fsp3) is 0.500. The third-order valence-electron chi connectivity index (χ3n) is 7.56. The first kappa shape index (κ1) is 31.2. The molecule has 2 aromatic carbocycles. The second kappa shape index (κ2) is 13.9. The number of ether oxygens (including phenoxy) is 5. The van der Waals surface area contributed by atoms with Crippen LogP contribution in [0.2, 0.25) is 0 Å². The normalized spacial score (nSPS) is 18.9. The van der Waals surface area contributed by atoms with Crippen LogP contribution in [0.1, 0.15) is 43.0 Å². The molecule has 1 amide bonds. The minimum Gasteiger partial charge on any atom is -0.507 e. The standard InChI is InChI=1S/C32H42N2O8/c1-20(2)19-42-23-8-9-24(21(3)16-23)29(35)27-28(22-17-25(38-4)31(40-6)26(18-22)39-5)34(32(37)30(27)36)11-7-10-33-12-14-41-15-13-33/h8-9,16-18,20,28,35H,7,10-15,19H2,1-6H3/b29-27+. The van der Waals surface area contributed by atoms with E-state index in [9.17, 15) is 14.7 Å². The molecule has 2 aliphatic heterocycles. The lowest BCUT2D eigenvalue weighted by atomic mass is 9.93. The third-order valence-corrected chi connectivity index (χ3v) is 7.56. The van der Waals surface area contributed by atoms with Crippen molar-refractivity contribution in [1.29, 1.82) is 0 Å². The number of methoxy groups -OCH3 is 3. The van der Waals surface area contributed by atoms with Crippen molar-refractivity contribution in [3.05, 3.63) is 52.6 Å². The molecule has 1 N–H and O–H groups in total. The molecule has 0 aliphatic carbocycles. The lowest BCUT2D eigenvalue weighted by Gasteiger charge is -2.29. The highest BCUT2D eigenvalue weighted by Crippen LogP contribution is 2.46. The molecular weight excluding hydrogens is 540 g/mol. The maximum absolute atomic E-state index is 13.6. The molecule has 0 saturated carbocycles. The number of morpholine rings is 1. The summed E-state index contributed by atoms with van der Waals surface area (Å²) in [6, 6.07) is 7.88. The number of carbonyl (C=O) groups is 2. The highest BCUT2D eigenvalue weighted by atomic mass is 16.5. The van der Waals surface area contributed by atoms with Crippen LogP contribution in [0.4, 0.5) is 0 Å². The predicted molar refractivity (Wildman–Crippen MR) is 158 cm³/mol.